The fourth-order valence-corrected chi connectivity index (χ4v) is 3.06. The number of rotatable bonds is 7. The summed E-state index contributed by atoms with van der Waals surface area (Å²) in [6.07, 6.45) is 2.79. The largest absolute Gasteiger partial charge is 0.497 e. The van der Waals surface area contributed by atoms with Gasteiger partial charge in [0.1, 0.15) is 23.1 Å². The Kier molecular flexibility index (Phi) is 5.89. The van der Waals surface area contributed by atoms with E-state index in [1.54, 1.807) is 13.2 Å². The van der Waals surface area contributed by atoms with Crippen LogP contribution in [0.1, 0.15) is 38.3 Å². The van der Waals surface area contributed by atoms with E-state index >= 15 is 0 Å². The van der Waals surface area contributed by atoms with Crippen LogP contribution >= 0.6 is 0 Å². The molecule has 1 heterocycles. The molecule has 0 amide bonds. The third-order valence-electron chi connectivity index (χ3n) is 4.29. The topological polar surface area (TPSA) is 39.7 Å². The number of hydrogen-bond donors (Lipinski definition) is 1. The van der Waals surface area contributed by atoms with Gasteiger partial charge < -0.3 is 19.5 Å². The molecule has 0 radical (unpaired) electrons. The van der Waals surface area contributed by atoms with Crippen LogP contribution in [-0.4, -0.2) is 26.4 Å². The maximum atomic E-state index is 14.5. The van der Waals surface area contributed by atoms with Gasteiger partial charge in [-0.1, -0.05) is 6.92 Å². The monoisotopic (exact) mass is 371 g/mol. The highest BCUT2D eigenvalue weighted by molar-refractivity contribution is 5.93. The molecule has 1 aliphatic heterocycles. The van der Waals surface area contributed by atoms with E-state index in [2.05, 4.69) is 5.32 Å². The second-order valence-electron chi connectivity index (χ2n) is 6.73. The van der Waals surface area contributed by atoms with Gasteiger partial charge in [-0.05, 0) is 56.2 Å². The summed E-state index contributed by atoms with van der Waals surface area (Å²) in [6.45, 7) is 7.15. The summed E-state index contributed by atoms with van der Waals surface area (Å²) in [5, 5.41) is 3.32. The van der Waals surface area contributed by atoms with E-state index in [9.17, 15) is 4.39 Å². The molecule has 0 saturated carbocycles. The molecular formula is C22H26FNO3. The van der Waals surface area contributed by atoms with E-state index in [1.807, 2.05) is 45.0 Å². The van der Waals surface area contributed by atoms with Crippen LogP contribution in [0.3, 0.4) is 0 Å². The average molecular weight is 371 g/mol. The van der Waals surface area contributed by atoms with E-state index in [0.717, 1.165) is 29.1 Å². The first kappa shape index (κ1) is 19.1. The zero-order chi connectivity index (χ0) is 19.4. The van der Waals surface area contributed by atoms with Gasteiger partial charge in [0.2, 0.25) is 0 Å². The van der Waals surface area contributed by atoms with Crippen LogP contribution in [0.15, 0.2) is 30.3 Å². The highest BCUT2D eigenvalue weighted by Gasteiger charge is 2.21. The molecule has 0 aliphatic carbocycles. The van der Waals surface area contributed by atoms with E-state index in [0.29, 0.717) is 30.2 Å². The summed E-state index contributed by atoms with van der Waals surface area (Å²) in [4.78, 5) is 0. The van der Waals surface area contributed by atoms with Crippen molar-refractivity contribution >= 4 is 17.3 Å². The Morgan fingerprint density at radius 1 is 1.15 bits per heavy atom. The van der Waals surface area contributed by atoms with Crippen LogP contribution in [0, 0.1) is 5.82 Å². The van der Waals surface area contributed by atoms with Crippen molar-refractivity contribution in [3.63, 3.8) is 0 Å². The molecule has 27 heavy (non-hydrogen) atoms. The molecule has 3 rings (SSSR count). The van der Waals surface area contributed by atoms with Crippen LogP contribution in [0.4, 0.5) is 10.1 Å². The van der Waals surface area contributed by atoms with Gasteiger partial charge in [0.15, 0.2) is 0 Å². The van der Waals surface area contributed by atoms with Crippen molar-refractivity contribution in [3.05, 3.63) is 47.3 Å². The normalized spacial score (nSPS) is 12.9. The fourth-order valence-electron chi connectivity index (χ4n) is 3.06. The average Bonchev–Trinajstić information content (AvgIpc) is 2.67. The van der Waals surface area contributed by atoms with E-state index in [4.69, 9.17) is 14.2 Å². The van der Waals surface area contributed by atoms with Crippen LogP contribution in [0.5, 0.6) is 17.2 Å². The van der Waals surface area contributed by atoms with Gasteiger partial charge >= 0.3 is 0 Å². The third kappa shape index (κ3) is 4.18. The van der Waals surface area contributed by atoms with Crippen molar-refractivity contribution in [3.8, 4) is 17.2 Å². The summed E-state index contributed by atoms with van der Waals surface area (Å²) in [5.74, 6) is 1.84. The molecule has 4 nitrogen and oxygen atoms in total. The zero-order valence-corrected chi connectivity index (χ0v) is 16.3. The van der Waals surface area contributed by atoms with Gasteiger partial charge in [-0.3, -0.25) is 0 Å². The molecule has 144 valence electrons. The van der Waals surface area contributed by atoms with Crippen molar-refractivity contribution < 1.29 is 18.6 Å². The van der Waals surface area contributed by atoms with Crippen molar-refractivity contribution in [2.45, 2.75) is 33.3 Å². The van der Waals surface area contributed by atoms with E-state index in [-0.39, 0.29) is 11.9 Å². The Morgan fingerprint density at radius 2 is 1.96 bits per heavy atom. The van der Waals surface area contributed by atoms with E-state index < -0.39 is 0 Å². The Balaban J connectivity index is 2.03. The number of fused-ring (bicyclic) bond motifs is 1. The lowest BCUT2D eigenvalue weighted by atomic mass is 9.97. The predicted octanol–water partition coefficient (Wildman–Crippen LogP) is 5.38. The minimum absolute atomic E-state index is 0.0195. The number of hydrogen-bond acceptors (Lipinski definition) is 4. The minimum atomic E-state index is -0.279. The predicted molar refractivity (Wildman–Crippen MR) is 107 cm³/mol. The van der Waals surface area contributed by atoms with Crippen molar-refractivity contribution in [2.24, 2.45) is 0 Å². The molecule has 0 fully saturated rings. The van der Waals surface area contributed by atoms with Gasteiger partial charge in [-0.15, -0.1) is 0 Å². The zero-order valence-electron chi connectivity index (χ0n) is 16.3. The van der Waals surface area contributed by atoms with Gasteiger partial charge in [0.05, 0.1) is 25.5 Å². The lowest BCUT2D eigenvalue weighted by Gasteiger charge is -2.24. The first-order chi connectivity index (χ1) is 13.0. The number of halogens is 1. The van der Waals surface area contributed by atoms with Gasteiger partial charge in [0.25, 0.3) is 0 Å². The molecule has 1 aliphatic rings. The molecule has 0 spiro atoms. The summed E-state index contributed by atoms with van der Waals surface area (Å²) in [7, 11) is 1.62. The fraction of sp³-hybridized carbons (Fsp3) is 0.364. The van der Waals surface area contributed by atoms with Gasteiger partial charge in [0, 0.05) is 23.7 Å². The molecule has 2 aromatic carbocycles. The highest BCUT2D eigenvalue weighted by atomic mass is 19.1. The summed E-state index contributed by atoms with van der Waals surface area (Å²) in [6, 6.07) is 8.82. The smallest absolute Gasteiger partial charge is 0.143 e. The standard InChI is InChI=1S/C22H26FNO3/c1-5-10-26-20-9-8-19(23)18-11-15(13-24-22(18)20)17-7-6-16(25-4)12-21(17)27-14(2)3/h6-9,11-12,14,24H,5,10,13H2,1-4H3. The molecule has 0 saturated heterocycles. The first-order valence-corrected chi connectivity index (χ1v) is 9.28. The number of anilines is 1. The number of ether oxygens (including phenoxy) is 3. The molecule has 0 unspecified atom stereocenters. The minimum Gasteiger partial charge on any atom is -0.497 e. The van der Waals surface area contributed by atoms with Crippen molar-refractivity contribution in [2.75, 3.05) is 25.6 Å². The molecule has 0 atom stereocenters. The first-order valence-electron chi connectivity index (χ1n) is 9.28. The molecule has 5 heteroatoms. The molecule has 0 aromatic heterocycles. The van der Waals surface area contributed by atoms with Crippen LogP contribution in [0.25, 0.3) is 11.6 Å². The quantitative estimate of drug-likeness (QED) is 0.710. The van der Waals surface area contributed by atoms with Gasteiger partial charge in [-0.2, -0.15) is 0 Å². The molecule has 0 bridgehead atoms. The van der Waals surface area contributed by atoms with Crippen molar-refractivity contribution in [1.29, 1.82) is 0 Å². The lowest BCUT2D eigenvalue weighted by molar-refractivity contribution is 0.240. The Labute approximate surface area is 159 Å². The Morgan fingerprint density at radius 3 is 2.67 bits per heavy atom. The Hall–Kier alpha value is -2.69. The van der Waals surface area contributed by atoms with Crippen LogP contribution < -0.4 is 19.5 Å². The van der Waals surface area contributed by atoms with Crippen molar-refractivity contribution in [1.82, 2.24) is 0 Å². The van der Waals surface area contributed by atoms with Crippen LogP contribution in [-0.2, 0) is 0 Å². The summed E-state index contributed by atoms with van der Waals surface area (Å²) in [5.41, 5.74) is 3.08. The maximum absolute atomic E-state index is 14.5. The van der Waals surface area contributed by atoms with Gasteiger partial charge in [-0.25, -0.2) is 4.39 Å². The molecule has 2 aromatic rings. The SMILES string of the molecule is CCCOc1ccc(F)c2c1NCC(c1ccc(OC)cc1OC(C)C)=C2. The third-order valence-corrected chi connectivity index (χ3v) is 4.29. The second-order valence-corrected chi connectivity index (χ2v) is 6.73. The number of methoxy groups -OCH3 is 1. The maximum Gasteiger partial charge on any atom is 0.143 e. The second kappa shape index (κ2) is 8.33. The number of benzene rings is 2. The van der Waals surface area contributed by atoms with Crippen LogP contribution in [0.2, 0.25) is 0 Å². The number of nitrogens with one attached hydrogen (secondary N) is 1. The van der Waals surface area contributed by atoms with E-state index in [1.165, 1.54) is 6.07 Å². The summed E-state index contributed by atoms with van der Waals surface area (Å²) >= 11 is 0. The highest BCUT2D eigenvalue weighted by Crippen LogP contribution is 2.40. The molecular weight excluding hydrogens is 345 g/mol. The molecule has 1 N–H and O–H groups in total. The summed E-state index contributed by atoms with van der Waals surface area (Å²) < 4.78 is 31.5. The lowest BCUT2D eigenvalue weighted by Crippen LogP contribution is -2.14. The Bertz CT molecular complexity index is 846.